The summed E-state index contributed by atoms with van der Waals surface area (Å²) in [5, 5.41) is 3.47. The lowest BCUT2D eigenvalue weighted by molar-refractivity contribution is 1.45. The number of aryl methyl sites for hydroxylation is 1. The van der Waals surface area contributed by atoms with Crippen LogP contribution in [0.5, 0.6) is 0 Å². The highest BCUT2D eigenvalue weighted by Crippen LogP contribution is 2.32. The zero-order valence-electron chi connectivity index (χ0n) is 7.10. The van der Waals surface area contributed by atoms with E-state index in [-0.39, 0.29) is 0 Å². The molecule has 68 valence electrons. The minimum atomic E-state index is 0.610. The smallest absolute Gasteiger partial charge is 0.0488 e. The van der Waals surface area contributed by atoms with Crippen LogP contribution in [0.3, 0.4) is 0 Å². The lowest BCUT2D eigenvalue weighted by Gasteiger charge is -1.99. The third-order valence-corrected chi connectivity index (χ3v) is 5.21. The largest absolute Gasteiger partial charge is 0.142 e. The van der Waals surface area contributed by atoms with Crippen molar-refractivity contribution in [3.05, 3.63) is 32.2 Å². The Labute approximate surface area is 100 Å². The van der Waals surface area contributed by atoms with Gasteiger partial charge in [-0.2, -0.15) is 0 Å². The number of halogens is 2. The zero-order valence-corrected chi connectivity index (χ0v) is 10.8. The number of hydrogen-bond donors (Lipinski definition) is 0. The Morgan fingerprint density at radius 1 is 1.46 bits per heavy atom. The quantitative estimate of drug-likeness (QED) is 0.533. The average Bonchev–Trinajstić information content (AvgIpc) is 2.55. The standard InChI is InChI=1S/C10H8ClIS/c1-6-2-3-8-7(4-11)5-13-10(8)9(6)12/h2-3,5H,4H2,1H3. The van der Waals surface area contributed by atoms with Crippen LogP contribution >= 0.6 is 45.5 Å². The van der Waals surface area contributed by atoms with Crippen LogP contribution in [0.25, 0.3) is 10.1 Å². The molecule has 0 saturated carbocycles. The van der Waals surface area contributed by atoms with E-state index in [0.29, 0.717) is 5.88 Å². The molecule has 2 aromatic rings. The number of hydrogen-bond acceptors (Lipinski definition) is 1. The van der Waals surface area contributed by atoms with E-state index in [1.54, 1.807) is 11.3 Å². The molecule has 0 aliphatic heterocycles. The van der Waals surface area contributed by atoms with Gasteiger partial charge < -0.3 is 0 Å². The molecule has 0 nitrogen and oxygen atoms in total. The predicted octanol–water partition coefficient (Wildman–Crippen LogP) is 4.55. The van der Waals surface area contributed by atoms with Gasteiger partial charge in [-0.25, -0.2) is 0 Å². The monoisotopic (exact) mass is 322 g/mol. The summed E-state index contributed by atoms with van der Waals surface area (Å²) in [6.45, 7) is 2.14. The molecule has 0 aliphatic rings. The van der Waals surface area contributed by atoms with Gasteiger partial charge in [0.15, 0.2) is 0 Å². The molecule has 0 bridgehead atoms. The first-order valence-electron chi connectivity index (χ1n) is 3.95. The number of thiophene rings is 1. The molecule has 13 heavy (non-hydrogen) atoms. The summed E-state index contributed by atoms with van der Waals surface area (Å²) in [5.74, 6) is 0.610. The second-order valence-corrected chi connectivity index (χ2v) is 5.19. The van der Waals surface area contributed by atoms with Crippen molar-refractivity contribution >= 4 is 55.6 Å². The summed E-state index contributed by atoms with van der Waals surface area (Å²) in [4.78, 5) is 0. The van der Waals surface area contributed by atoms with E-state index in [9.17, 15) is 0 Å². The van der Waals surface area contributed by atoms with Gasteiger partial charge in [0, 0.05) is 14.2 Å². The third-order valence-electron chi connectivity index (χ3n) is 2.10. The highest BCUT2D eigenvalue weighted by Gasteiger charge is 2.07. The second-order valence-electron chi connectivity index (χ2n) is 2.97. The van der Waals surface area contributed by atoms with E-state index >= 15 is 0 Å². The number of alkyl halides is 1. The van der Waals surface area contributed by atoms with E-state index in [4.69, 9.17) is 11.6 Å². The van der Waals surface area contributed by atoms with E-state index < -0.39 is 0 Å². The number of fused-ring (bicyclic) bond motifs is 1. The van der Waals surface area contributed by atoms with Crippen molar-refractivity contribution in [2.24, 2.45) is 0 Å². The summed E-state index contributed by atoms with van der Waals surface area (Å²) in [6, 6.07) is 4.33. The molecule has 0 fully saturated rings. The normalized spacial score (nSPS) is 11.0. The molecule has 2 rings (SSSR count). The van der Waals surface area contributed by atoms with Crippen LogP contribution in [-0.4, -0.2) is 0 Å². The molecule has 0 radical (unpaired) electrons. The Hall–Kier alpha value is 0.200. The first-order valence-corrected chi connectivity index (χ1v) is 6.44. The molecule has 1 aromatic carbocycles. The van der Waals surface area contributed by atoms with Crippen LogP contribution in [0.4, 0.5) is 0 Å². The van der Waals surface area contributed by atoms with Crippen LogP contribution in [0.2, 0.25) is 0 Å². The molecule has 0 spiro atoms. The highest BCUT2D eigenvalue weighted by molar-refractivity contribution is 14.1. The fourth-order valence-corrected chi connectivity index (χ4v) is 3.54. The van der Waals surface area contributed by atoms with Crippen molar-refractivity contribution in [1.29, 1.82) is 0 Å². The average molecular weight is 323 g/mol. The highest BCUT2D eigenvalue weighted by atomic mass is 127. The number of rotatable bonds is 1. The lowest BCUT2D eigenvalue weighted by atomic mass is 10.1. The van der Waals surface area contributed by atoms with Crippen molar-refractivity contribution in [1.82, 2.24) is 0 Å². The SMILES string of the molecule is Cc1ccc2c(CCl)csc2c1I. The van der Waals surface area contributed by atoms with Crippen molar-refractivity contribution in [2.45, 2.75) is 12.8 Å². The zero-order chi connectivity index (χ0) is 9.42. The summed E-state index contributed by atoms with van der Waals surface area (Å²) in [5.41, 5.74) is 2.59. The van der Waals surface area contributed by atoms with E-state index in [0.717, 1.165) is 0 Å². The van der Waals surface area contributed by atoms with Crippen LogP contribution < -0.4 is 0 Å². The fourth-order valence-electron chi connectivity index (χ4n) is 1.32. The second kappa shape index (κ2) is 3.75. The molecule has 0 unspecified atom stereocenters. The fraction of sp³-hybridized carbons (Fsp3) is 0.200. The van der Waals surface area contributed by atoms with Gasteiger partial charge >= 0.3 is 0 Å². The van der Waals surface area contributed by atoms with E-state index in [1.165, 1.54) is 24.8 Å². The minimum absolute atomic E-state index is 0.610. The van der Waals surface area contributed by atoms with Gasteiger partial charge in [0.05, 0.1) is 0 Å². The Morgan fingerprint density at radius 3 is 2.92 bits per heavy atom. The molecule has 0 atom stereocenters. The molecule has 0 aliphatic carbocycles. The Balaban J connectivity index is 2.81. The molecular weight excluding hydrogens is 315 g/mol. The maximum atomic E-state index is 5.84. The van der Waals surface area contributed by atoms with E-state index in [1.807, 2.05) is 0 Å². The summed E-state index contributed by atoms with van der Waals surface area (Å²) in [6.07, 6.45) is 0. The molecule has 0 N–H and O–H groups in total. The van der Waals surface area contributed by atoms with Crippen LogP contribution in [0, 0.1) is 10.5 Å². The van der Waals surface area contributed by atoms with Crippen LogP contribution in [0.1, 0.15) is 11.1 Å². The molecule has 3 heteroatoms. The first kappa shape index (κ1) is 9.74. The number of benzene rings is 1. The molecular formula is C10H8ClIS. The molecule has 0 saturated heterocycles. The van der Waals surface area contributed by atoms with Gasteiger partial charge in [-0.05, 0) is 51.4 Å². The van der Waals surface area contributed by atoms with Gasteiger partial charge in [-0.15, -0.1) is 22.9 Å². The van der Waals surface area contributed by atoms with Gasteiger partial charge in [-0.1, -0.05) is 12.1 Å². The van der Waals surface area contributed by atoms with Gasteiger partial charge in [0.1, 0.15) is 0 Å². The van der Waals surface area contributed by atoms with E-state index in [2.05, 4.69) is 47.0 Å². The maximum absolute atomic E-state index is 5.84. The lowest BCUT2D eigenvalue weighted by Crippen LogP contribution is -1.80. The van der Waals surface area contributed by atoms with Crippen molar-refractivity contribution in [2.75, 3.05) is 0 Å². The minimum Gasteiger partial charge on any atom is -0.142 e. The third kappa shape index (κ3) is 1.60. The van der Waals surface area contributed by atoms with Crippen molar-refractivity contribution < 1.29 is 0 Å². The van der Waals surface area contributed by atoms with Gasteiger partial charge in [0.2, 0.25) is 0 Å². The Kier molecular flexibility index (Phi) is 2.81. The predicted molar refractivity (Wildman–Crippen MR) is 68.8 cm³/mol. The summed E-state index contributed by atoms with van der Waals surface area (Å²) >= 11 is 10.0. The van der Waals surface area contributed by atoms with Crippen molar-refractivity contribution in [3.63, 3.8) is 0 Å². The van der Waals surface area contributed by atoms with Crippen molar-refractivity contribution in [3.8, 4) is 0 Å². The van der Waals surface area contributed by atoms with Crippen LogP contribution in [-0.2, 0) is 5.88 Å². The summed E-state index contributed by atoms with van der Waals surface area (Å²) in [7, 11) is 0. The molecule has 1 aromatic heterocycles. The Morgan fingerprint density at radius 2 is 2.23 bits per heavy atom. The van der Waals surface area contributed by atoms with Gasteiger partial charge in [-0.3, -0.25) is 0 Å². The maximum Gasteiger partial charge on any atom is 0.0488 e. The molecule has 0 amide bonds. The Bertz CT molecular complexity index is 447. The summed E-state index contributed by atoms with van der Waals surface area (Å²) < 4.78 is 2.73. The first-order chi connectivity index (χ1) is 6.24. The van der Waals surface area contributed by atoms with Crippen LogP contribution in [0.15, 0.2) is 17.5 Å². The van der Waals surface area contributed by atoms with Gasteiger partial charge in [0.25, 0.3) is 0 Å². The molecule has 1 heterocycles. The topological polar surface area (TPSA) is 0 Å².